The zero-order valence-corrected chi connectivity index (χ0v) is 23.6. The molecule has 11 nitrogen and oxygen atoms in total. The molecule has 234 valence electrons. The van der Waals surface area contributed by atoms with Crippen molar-refractivity contribution in [2.75, 3.05) is 37.0 Å². The molecule has 2 aliphatic rings. The SMILES string of the molecule is O=C1CCC(N2C(=O)c3cccc(NCCOCCOC(=O)c4ccccc4Nc4cccc(C(F)(F)F)c4)c3C2=O)C(=O)N1. The van der Waals surface area contributed by atoms with Crippen LogP contribution in [0, 0.1) is 0 Å². The van der Waals surface area contributed by atoms with Gasteiger partial charge in [-0.2, -0.15) is 13.2 Å². The van der Waals surface area contributed by atoms with Gasteiger partial charge < -0.3 is 20.1 Å². The Morgan fingerprint density at radius 1 is 0.911 bits per heavy atom. The van der Waals surface area contributed by atoms with E-state index in [0.29, 0.717) is 5.69 Å². The molecule has 0 bridgehead atoms. The van der Waals surface area contributed by atoms with Crippen molar-refractivity contribution in [1.29, 1.82) is 0 Å². The maximum absolute atomic E-state index is 13.2. The first-order valence-corrected chi connectivity index (χ1v) is 13.9. The highest BCUT2D eigenvalue weighted by atomic mass is 19.4. The molecule has 0 saturated carbocycles. The maximum atomic E-state index is 13.2. The summed E-state index contributed by atoms with van der Waals surface area (Å²) in [5, 5.41) is 8.03. The van der Waals surface area contributed by atoms with Gasteiger partial charge in [-0.05, 0) is 48.9 Å². The van der Waals surface area contributed by atoms with Crippen LogP contribution in [0.5, 0.6) is 0 Å². The lowest BCUT2D eigenvalue weighted by molar-refractivity contribution is -0.138. The predicted octanol–water partition coefficient (Wildman–Crippen LogP) is 4.14. The fourth-order valence-electron chi connectivity index (χ4n) is 4.99. The van der Waals surface area contributed by atoms with E-state index in [9.17, 15) is 37.1 Å². The summed E-state index contributed by atoms with van der Waals surface area (Å²) >= 11 is 0. The first-order valence-electron chi connectivity index (χ1n) is 13.9. The molecule has 1 unspecified atom stereocenters. The van der Waals surface area contributed by atoms with E-state index < -0.39 is 47.4 Å². The van der Waals surface area contributed by atoms with Crippen LogP contribution in [-0.2, 0) is 25.2 Å². The molecule has 5 rings (SSSR count). The van der Waals surface area contributed by atoms with Crippen LogP contribution >= 0.6 is 0 Å². The number of hydrogen-bond donors (Lipinski definition) is 3. The van der Waals surface area contributed by atoms with Crippen molar-refractivity contribution >= 4 is 46.7 Å². The number of ether oxygens (including phenoxy) is 2. The monoisotopic (exact) mass is 624 g/mol. The summed E-state index contributed by atoms with van der Waals surface area (Å²) in [4.78, 5) is 63.5. The van der Waals surface area contributed by atoms with Crippen molar-refractivity contribution in [3.63, 3.8) is 0 Å². The molecule has 1 atom stereocenters. The summed E-state index contributed by atoms with van der Waals surface area (Å²) in [5.41, 5.74) is 0.362. The second kappa shape index (κ2) is 13.2. The van der Waals surface area contributed by atoms with Gasteiger partial charge in [0.05, 0.1) is 41.2 Å². The standard InChI is InChI=1S/C31H27F3N4O7/c32-31(33,34)18-5-3-6-19(17-18)36-22-9-2-1-7-20(22)30(43)45-16-15-44-14-13-35-23-10-4-8-21-26(23)29(42)38(28(21)41)24-11-12-25(39)37-27(24)40/h1-10,17,24,35-36H,11-16H2,(H,37,39,40). The van der Waals surface area contributed by atoms with Crippen molar-refractivity contribution < 1.29 is 46.6 Å². The van der Waals surface area contributed by atoms with E-state index in [2.05, 4.69) is 16.0 Å². The number of alkyl halides is 3. The minimum Gasteiger partial charge on any atom is -0.460 e. The Kier molecular flexibility index (Phi) is 9.13. The van der Waals surface area contributed by atoms with E-state index in [-0.39, 0.29) is 67.3 Å². The fourth-order valence-corrected chi connectivity index (χ4v) is 4.99. The minimum absolute atomic E-state index is 0.0186. The van der Waals surface area contributed by atoms with Crippen LogP contribution in [0.3, 0.4) is 0 Å². The Balaban J connectivity index is 1.09. The number of para-hydroxylation sites is 1. The summed E-state index contributed by atoms with van der Waals surface area (Å²) in [5.74, 6) is -3.10. The van der Waals surface area contributed by atoms with Crippen LogP contribution in [0.15, 0.2) is 66.7 Å². The van der Waals surface area contributed by atoms with Crippen LogP contribution < -0.4 is 16.0 Å². The number of nitrogens with one attached hydrogen (secondary N) is 3. The van der Waals surface area contributed by atoms with E-state index in [1.165, 1.54) is 24.3 Å². The lowest BCUT2D eigenvalue weighted by atomic mass is 10.0. The van der Waals surface area contributed by atoms with E-state index in [0.717, 1.165) is 17.0 Å². The summed E-state index contributed by atoms with van der Waals surface area (Å²) in [6.07, 6.45) is -4.44. The Bertz CT molecular complexity index is 1660. The molecular formula is C31H27F3N4O7. The lowest BCUT2D eigenvalue weighted by Crippen LogP contribution is -2.54. The molecule has 0 aliphatic carbocycles. The third-order valence-corrected chi connectivity index (χ3v) is 7.11. The zero-order chi connectivity index (χ0) is 32.1. The first kappa shape index (κ1) is 31.2. The van der Waals surface area contributed by atoms with Crippen LogP contribution in [0.4, 0.5) is 30.2 Å². The number of carbonyl (C=O) groups is 5. The third-order valence-electron chi connectivity index (χ3n) is 7.11. The fraction of sp³-hybridized carbons (Fsp3) is 0.258. The highest BCUT2D eigenvalue weighted by molar-refractivity contribution is 6.25. The Hall–Kier alpha value is -5.24. The number of benzene rings is 3. The molecule has 0 aromatic heterocycles. The van der Waals surface area contributed by atoms with Gasteiger partial charge in [0.15, 0.2) is 0 Å². The largest absolute Gasteiger partial charge is 0.460 e. The van der Waals surface area contributed by atoms with Gasteiger partial charge in [0.1, 0.15) is 12.6 Å². The van der Waals surface area contributed by atoms with Crippen LogP contribution in [0.2, 0.25) is 0 Å². The first-order chi connectivity index (χ1) is 21.5. The number of halogens is 3. The molecule has 4 amide bonds. The van der Waals surface area contributed by atoms with Gasteiger partial charge in [-0.25, -0.2) is 4.79 Å². The Morgan fingerprint density at radius 3 is 2.44 bits per heavy atom. The average Bonchev–Trinajstić information content (AvgIpc) is 3.26. The van der Waals surface area contributed by atoms with Gasteiger partial charge in [0.25, 0.3) is 11.8 Å². The van der Waals surface area contributed by atoms with Crippen molar-refractivity contribution in [3.8, 4) is 0 Å². The Labute approximate surface area is 254 Å². The van der Waals surface area contributed by atoms with E-state index in [4.69, 9.17) is 9.47 Å². The molecule has 1 fully saturated rings. The molecular weight excluding hydrogens is 597 g/mol. The molecule has 2 heterocycles. The van der Waals surface area contributed by atoms with Crippen molar-refractivity contribution in [1.82, 2.24) is 10.2 Å². The number of hydrogen-bond acceptors (Lipinski definition) is 9. The lowest BCUT2D eigenvalue weighted by Gasteiger charge is -2.27. The number of carbonyl (C=O) groups excluding carboxylic acids is 5. The van der Waals surface area contributed by atoms with E-state index >= 15 is 0 Å². The zero-order valence-electron chi connectivity index (χ0n) is 23.6. The van der Waals surface area contributed by atoms with Gasteiger partial charge in [0, 0.05) is 24.3 Å². The van der Waals surface area contributed by atoms with Gasteiger partial charge in [-0.3, -0.25) is 29.4 Å². The van der Waals surface area contributed by atoms with Gasteiger partial charge >= 0.3 is 12.1 Å². The van der Waals surface area contributed by atoms with Crippen LogP contribution in [0.25, 0.3) is 0 Å². The number of amides is 4. The van der Waals surface area contributed by atoms with E-state index in [1.54, 1.807) is 30.3 Å². The maximum Gasteiger partial charge on any atom is 0.416 e. The van der Waals surface area contributed by atoms with Crippen molar-refractivity contribution in [2.45, 2.75) is 25.1 Å². The third kappa shape index (κ3) is 6.96. The summed E-state index contributed by atoms with van der Waals surface area (Å²) in [6.45, 7) is 0.303. The van der Waals surface area contributed by atoms with Crippen LogP contribution in [0.1, 0.15) is 49.5 Å². The number of imide groups is 2. The highest BCUT2D eigenvalue weighted by Crippen LogP contribution is 2.33. The second-order valence-electron chi connectivity index (χ2n) is 10.1. The van der Waals surface area contributed by atoms with Gasteiger partial charge in [-0.15, -0.1) is 0 Å². The minimum atomic E-state index is -4.51. The van der Waals surface area contributed by atoms with Gasteiger partial charge in [0.2, 0.25) is 11.8 Å². The summed E-state index contributed by atoms with van der Waals surface area (Å²) in [7, 11) is 0. The Morgan fingerprint density at radius 2 is 1.67 bits per heavy atom. The molecule has 3 N–H and O–H groups in total. The number of esters is 1. The number of rotatable bonds is 11. The summed E-state index contributed by atoms with van der Waals surface area (Å²) < 4.78 is 50.0. The summed E-state index contributed by atoms with van der Waals surface area (Å²) in [6, 6.07) is 14.5. The number of fused-ring (bicyclic) bond motifs is 1. The molecule has 3 aromatic rings. The van der Waals surface area contributed by atoms with Crippen molar-refractivity contribution in [3.05, 3.63) is 89.0 Å². The molecule has 2 aliphatic heterocycles. The number of anilines is 3. The molecule has 0 spiro atoms. The van der Waals surface area contributed by atoms with E-state index in [1.807, 2.05) is 0 Å². The van der Waals surface area contributed by atoms with Gasteiger partial charge in [-0.1, -0.05) is 24.3 Å². The second-order valence-corrected chi connectivity index (χ2v) is 10.1. The number of piperidine rings is 1. The molecule has 0 radical (unpaired) electrons. The average molecular weight is 625 g/mol. The quantitative estimate of drug-likeness (QED) is 0.163. The molecule has 14 heteroatoms. The topological polar surface area (TPSA) is 143 Å². The van der Waals surface area contributed by atoms with Crippen LogP contribution in [-0.4, -0.2) is 66.9 Å². The molecule has 3 aromatic carbocycles. The molecule has 1 saturated heterocycles. The van der Waals surface area contributed by atoms with Crippen molar-refractivity contribution in [2.24, 2.45) is 0 Å². The molecule has 45 heavy (non-hydrogen) atoms. The normalized spacial score (nSPS) is 16.3. The predicted molar refractivity (Wildman–Crippen MR) is 154 cm³/mol. The smallest absolute Gasteiger partial charge is 0.416 e. The highest BCUT2D eigenvalue weighted by Gasteiger charge is 2.45. The number of nitrogens with zero attached hydrogens (tertiary/aromatic N) is 1.